The van der Waals surface area contributed by atoms with Crippen molar-refractivity contribution in [2.24, 2.45) is 0 Å². The van der Waals surface area contributed by atoms with Crippen LogP contribution in [0, 0.1) is 0 Å². The van der Waals surface area contributed by atoms with Gasteiger partial charge in [0.05, 0.1) is 6.10 Å². The standard InChI is InChI=1S/C13H19NO2/c15-9-3-7-12(16)11-6-1-4-10-5-2-8-14-13(10)11/h2,5,8,11-12,15-16H,1,3-4,6-7,9H2. The first-order valence-corrected chi connectivity index (χ1v) is 6.05. The van der Waals surface area contributed by atoms with Crippen LogP contribution < -0.4 is 0 Å². The van der Waals surface area contributed by atoms with Gasteiger partial charge >= 0.3 is 0 Å². The molecule has 3 heteroatoms. The molecule has 0 radical (unpaired) electrons. The molecule has 2 rings (SSSR count). The van der Waals surface area contributed by atoms with Crippen LogP contribution in [0.15, 0.2) is 18.3 Å². The number of pyridine rings is 1. The van der Waals surface area contributed by atoms with Gasteiger partial charge in [-0.3, -0.25) is 4.98 Å². The Morgan fingerprint density at radius 1 is 1.50 bits per heavy atom. The van der Waals surface area contributed by atoms with Crippen molar-refractivity contribution in [1.29, 1.82) is 0 Å². The predicted octanol–water partition coefficient (Wildman–Crippen LogP) is 1.63. The highest BCUT2D eigenvalue weighted by Crippen LogP contribution is 2.33. The summed E-state index contributed by atoms with van der Waals surface area (Å²) in [5, 5.41) is 18.9. The number of hydrogen-bond acceptors (Lipinski definition) is 3. The lowest BCUT2D eigenvalue weighted by Crippen LogP contribution is -2.24. The molecular weight excluding hydrogens is 202 g/mol. The summed E-state index contributed by atoms with van der Waals surface area (Å²) >= 11 is 0. The third kappa shape index (κ3) is 2.42. The lowest BCUT2D eigenvalue weighted by molar-refractivity contribution is 0.113. The van der Waals surface area contributed by atoms with Gasteiger partial charge in [0.1, 0.15) is 0 Å². The minimum Gasteiger partial charge on any atom is -0.396 e. The van der Waals surface area contributed by atoms with E-state index in [0.717, 1.165) is 25.0 Å². The topological polar surface area (TPSA) is 53.4 Å². The Balaban J connectivity index is 2.12. The van der Waals surface area contributed by atoms with Gasteiger partial charge in [-0.2, -0.15) is 0 Å². The lowest BCUT2D eigenvalue weighted by atomic mass is 9.82. The highest BCUT2D eigenvalue weighted by molar-refractivity contribution is 5.26. The fourth-order valence-corrected chi connectivity index (χ4v) is 2.52. The second kappa shape index (κ2) is 5.41. The predicted molar refractivity (Wildman–Crippen MR) is 62.2 cm³/mol. The second-order valence-corrected chi connectivity index (χ2v) is 4.48. The number of aliphatic hydroxyl groups excluding tert-OH is 2. The van der Waals surface area contributed by atoms with Crippen LogP contribution in [0.5, 0.6) is 0 Å². The molecule has 1 aliphatic rings. The normalized spacial score (nSPS) is 21.5. The molecule has 16 heavy (non-hydrogen) atoms. The molecule has 3 nitrogen and oxygen atoms in total. The van der Waals surface area contributed by atoms with Crippen molar-refractivity contribution in [3.8, 4) is 0 Å². The number of fused-ring (bicyclic) bond motifs is 1. The van der Waals surface area contributed by atoms with E-state index in [2.05, 4.69) is 11.1 Å². The third-order valence-electron chi connectivity index (χ3n) is 3.36. The number of hydrogen-bond donors (Lipinski definition) is 2. The molecule has 0 saturated heterocycles. The molecule has 0 bridgehead atoms. The molecular formula is C13H19NO2. The molecule has 1 heterocycles. The van der Waals surface area contributed by atoms with Gasteiger partial charge in [0, 0.05) is 24.4 Å². The lowest BCUT2D eigenvalue weighted by Gasteiger charge is -2.28. The summed E-state index contributed by atoms with van der Waals surface area (Å²) in [6.07, 6.45) is 5.98. The van der Waals surface area contributed by atoms with Gasteiger partial charge in [-0.25, -0.2) is 0 Å². The summed E-state index contributed by atoms with van der Waals surface area (Å²) < 4.78 is 0. The van der Waals surface area contributed by atoms with E-state index >= 15 is 0 Å². The van der Waals surface area contributed by atoms with Gasteiger partial charge in [-0.1, -0.05) is 6.07 Å². The summed E-state index contributed by atoms with van der Waals surface area (Å²) in [7, 11) is 0. The zero-order valence-corrected chi connectivity index (χ0v) is 9.47. The average Bonchev–Trinajstić information content (AvgIpc) is 2.35. The van der Waals surface area contributed by atoms with Crippen molar-refractivity contribution in [3.63, 3.8) is 0 Å². The average molecular weight is 221 g/mol. The van der Waals surface area contributed by atoms with Crippen molar-refractivity contribution >= 4 is 0 Å². The maximum atomic E-state index is 10.1. The van der Waals surface area contributed by atoms with Crippen molar-refractivity contribution in [3.05, 3.63) is 29.6 Å². The van der Waals surface area contributed by atoms with E-state index in [4.69, 9.17) is 5.11 Å². The molecule has 1 aliphatic carbocycles. The molecule has 1 aromatic heterocycles. The van der Waals surface area contributed by atoms with Gasteiger partial charge < -0.3 is 10.2 Å². The van der Waals surface area contributed by atoms with Crippen molar-refractivity contribution in [2.45, 2.75) is 44.1 Å². The van der Waals surface area contributed by atoms with Crippen LogP contribution in [-0.4, -0.2) is 27.9 Å². The minimum absolute atomic E-state index is 0.152. The molecule has 1 aromatic rings. The van der Waals surface area contributed by atoms with Gasteiger partial charge in [0.2, 0.25) is 0 Å². The van der Waals surface area contributed by atoms with Crippen LogP contribution in [0.2, 0.25) is 0 Å². The summed E-state index contributed by atoms with van der Waals surface area (Å²) in [5.41, 5.74) is 2.35. The zero-order valence-electron chi connectivity index (χ0n) is 9.47. The molecule has 2 N–H and O–H groups in total. The maximum absolute atomic E-state index is 10.1. The summed E-state index contributed by atoms with van der Waals surface area (Å²) in [4.78, 5) is 4.41. The molecule has 0 aliphatic heterocycles. The first-order chi connectivity index (χ1) is 7.83. The van der Waals surface area contributed by atoms with E-state index in [-0.39, 0.29) is 18.6 Å². The largest absolute Gasteiger partial charge is 0.396 e. The van der Waals surface area contributed by atoms with E-state index in [1.165, 1.54) is 5.56 Å². The molecule has 0 aromatic carbocycles. The fourth-order valence-electron chi connectivity index (χ4n) is 2.52. The van der Waals surface area contributed by atoms with Gasteiger partial charge in [-0.15, -0.1) is 0 Å². The van der Waals surface area contributed by atoms with E-state index in [9.17, 15) is 5.11 Å². The van der Waals surface area contributed by atoms with Crippen LogP contribution in [0.3, 0.4) is 0 Å². The molecule has 0 amide bonds. The Kier molecular flexibility index (Phi) is 3.91. The number of aliphatic hydroxyl groups is 2. The van der Waals surface area contributed by atoms with Gasteiger partial charge in [-0.05, 0) is 43.7 Å². The van der Waals surface area contributed by atoms with E-state index in [0.29, 0.717) is 12.8 Å². The van der Waals surface area contributed by atoms with E-state index < -0.39 is 0 Å². The van der Waals surface area contributed by atoms with Gasteiger partial charge in [0.15, 0.2) is 0 Å². The highest BCUT2D eigenvalue weighted by Gasteiger charge is 2.27. The van der Waals surface area contributed by atoms with Crippen LogP contribution in [0.4, 0.5) is 0 Å². The Labute approximate surface area is 96.2 Å². The number of rotatable bonds is 4. The third-order valence-corrected chi connectivity index (χ3v) is 3.36. The summed E-state index contributed by atoms with van der Waals surface area (Å²) in [6.45, 7) is 0.152. The molecule has 0 saturated carbocycles. The highest BCUT2D eigenvalue weighted by atomic mass is 16.3. The molecule has 88 valence electrons. The Hall–Kier alpha value is -0.930. The maximum Gasteiger partial charge on any atom is 0.0624 e. The zero-order chi connectivity index (χ0) is 11.4. The van der Waals surface area contributed by atoms with Crippen LogP contribution in [-0.2, 0) is 6.42 Å². The smallest absolute Gasteiger partial charge is 0.0624 e. The SMILES string of the molecule is OCCCC(O)C1CCCc2cccnc21. The molecule has 2 atom stereocenters. The number of aryl methyl sites for hydroxylation is 1. The Bertz CT molecular complexity index is 340. The van der Waals surface area contributed by atoms with Crippen LogP contribution >= 0.6 is 0 Å². The van der Waals surface area contributed by atoms with Crippen molar-refractivity contribution in [1.82, 2.24) is 4.98 Å². The first-order valence-electron chi connectivity index (χ1n) is 6.05. The number of nitrogens with zero attached hydrogens (tertiary/aromatic N) is 1. The van der Waals surface area contributed by atoms with Gasteiger partial charge in [0.25, 0.3) is 0 Å². The molecule has 2 unspecified atom stereocenters. The summed E-state index contributed by atoms with van der Waals surface area (Å²) in [5.74, 6) is 0.163. The first kappa shape index (κ1) is 11.6. The minimum atomic E-state index is -0.360. The van der Waals surface area contributed by atoms with Crippen LogP contribution in [0.1, 0.15) is 42.9 Å². The van der Waals surface area contributed by atoms with E-state index in [1.807, 2.05) is 6.07 Å². The second-order valence-electron chi connectivity index (χ2n) is 4.48. The molecule has 0 fully saturated rings. The molecule has 0 spiro atoms. The number of aromatic nitrogens is 1. The van der Waals surface area contributed by atoms with Crippen molar-refractivity contribution in [2.75, 3.05) is 6.61 Å². The summed E-state index contributed by atoms with van der Waals surface area (Å²) in [6, 6.07) is 4.06. The van der Waals surface area contributed by atoms with Crippen molar-refractivity contribution < 1.29 is 10.2 Å². The fraction of sp³-hybridized carbons (Fsp3) is 0.615. The van der Waals surface area contributed by atoms with E-state index in [1.54, 1.807) is 6.20 Å². The quantitative estimate of drug-likeness (QED) is 0.812. The monoisotopic (exact) mass is 221 g/mol. The van der Waals surface area contributed by atoms with Crippen LogP contribution in [0.25, 0.3) is 0 Å². The Morgan fingerprint density at radius 3 is 3.19 bits per heavy atom. The Morgan fingerprint density at radius 2 is 2.38 bits per heavy atom.